The fourth-order valence-electron chi connectivity index (χ4n) is 6.86. The van der Waals surface area contributed by atoms with Gasteiger partial charge in [0.1, 0.15) is 6.61 Å². The van der Waals surface area contributed by atoms with Crippen molar-refractivity contribution in [2.75, 3.05) is 19.8 Å². The van der Waals surface area contributed by atoms with E-state index >= 15 is 0 Å². The van der Waals surface area contributed by atoms with E-state index in [4.69, 9.17) is 14.2 Å². The highest BCUT2D eigenvalue weighted by Gasteiger charge is 2.17. The summed E-state index contributed by atoms with van der Waals surface area (Å²) in [5, 5.41) is 0. The summed E-state index contributed by atoms with van der Waals surface area (Å²) in [6.07, 6.45) is 83.1. The van der Waals surface area contributed by atoms with Crippen molar-refractivity contribution >= 4 is 11.9 Å². The summed E-state index contributed by atoms with van der Waals surface area (Å²) in [7, 11) is 0. The molecule has 0 aliphatic carbocycles. The van der Waals surface area contributed by atoms with Crippen LogP contribution in [0.25, 0.3) is 0 Å². The van der Waals surface area contributed by atoms with Gasteiger partial charge in [0.15, 0.2) is 6.10 Å². The van der Waals surface area contributed by atoms with Crippen LogP contribution in [0.5, 0.6) is 0 Å². The molecule has 0 N–H and O–H groups in total. The molecule has 0 amide bonds. The molecule has 5 nitrogen and oxygen atoms in total. The first kappa shape index (κ1) is 63.8. The van der Waals surface area contributed by atoms with Gasteiger partial charge in [0.2, 0.25) is 0 Å². The second kappa shape index (κ2) is 57.1. The third-order valence-corrected chi connectivity index (χ3v) is 10.9. The Morgan fingerprint density at radius 1 is 0.338 bits per heavy atom. The molecule has 382 valence electrons. The lowest BCUT2D eigenvalue weighted by Crippen LogP contribution is -2.30. The third-order valence-electron chi connectivity index (χ3n) is 10.9. The van der Waals surface area contributed by atoms with Crippen LogP contribution >= 0.6 is 0 Å². The fourth-order valence-corrected chi connectivity index (χ4v) is 6.86. The van der Waals surface area contributed by atoms with Crippen molar-refractivity contribution in [3.63, 3.8) is 0 Å². The van der Waals surface area contributed by atoms with Crippen LogP contribution in [0.1, 0.15) is 213 Å². The summed E-state index contributed by atoms with van der Waals surface area (Å²) in [6.45, 7) is 7.30. The van der Waals surface area contributed by atoms with Crippen LogP contribution in [0.15, 0.2) is 146 Å². The average Bonchev–Trinajstić information content (AvgIpc) is 3.34. The van der Waals surface area contributed by atoms with Gasteiger partial charge in [-0.2, -0.15) is 0 Å². The predicted octanol–water partition coefficient (Wildman–Crippen LogP) is 18.9. The van der Waals surface area contributed by atoms with E-state index in [-0.39, 0.29) is 25.2 Å². The first-order chi connectivity index (χ1) is 33.6. The molecule has 0 aliphatic rings. The molecule has 0 saturated heterocycles. The largest absolute Gasteiger partial charge is 0.462 e. The van der Waals surface area contributed by atoms with Gasteiger partial charge >= 0.3 is 11.9 Å². The van der Waals surface area contributed by atoms with Crippen molar-refractivity contribution < 1.29 is 23.8 Å². The van der Waals surface area contributed by atoms with E-state index in [9.17, 15) is 9.59 Å². The normalized spacial score (nSPS) is 13.4. The number of ether oxygens (including phenoxy) is 3. The van der Waals surface area contributed by atoms with Crippen LogP contribution in [-0.2, 0) is 23.8 Å². The van der Waals surface area contributed by atoms with Gasteiger partial charge in [0, 0.05) is 12.8 Å². The Morgan fingerprint density at radius 3 is 1.06 bits per heavy atom. The van der Waals surface area contributed by atoms with Crippen LogP contribution in [0.2, 0.25) is 0 Å². The van der Waals surface area contributed by atoms with Crippen molar-refractivity contribution in [1.82, 2.24) is 0 Å². The third kappa shape index (κ3) is 54.4. The highest BCUT2D eigenvalue weighted by Crippen LogP contribution is 2.12. The summed E-state index contributed by atoms with van der Waals surface area (Å²) < 4.78 is 17.3. The summed E-state index contributed by atoms with van der Waals surface area (Å²) >= 11 is 0. The molecule has 0 saturated carbocycles. The highest BCUT2D eigenvalue weighted by molar-refractivity contribution is 5.70. The van der Waals surface area contributed by atoms with Gasteiger partial charge in [-0.1, -0.05) is 218 Å². The van der Waals surface area contributed by atoms with Gasteiger partial charge in [-0.3, -0.25) is 9.59 Å². The van der Waals surface area contributed by atoms with Gasteiger partial charge in [0.25, 0.3) is 0 Å². The maximum atomic E-state index is 12.8. The summed E-state index contributed by atoms with van der Waals surface area (Å²) in [5.74, 6) is -0.490. The average molecular weight is 937 g/mol. The van der Waals surface area contributed by atoms with Crippen molar-refractivity contribution in [3.8, 4) is 0 Å². The molecule has 0 rings (SSSR count). The lowest BCUT2D eigenvalue weighted by Gasteiger charge is -2.18. The standard InChI is InChI=1S/C63H100O5/c1-4-7-10-13-16-19-22-25-28-31-32-34-35-38-41-44-47-50-53-56-62(64)67-60-61(59-66-58-55-52-49-46-43-40-37-30-27-24-21-18-15-12-9-6-3)68-63(65)57-54-51-48-45-42-39-36-33-29-26-23-20-17-14-11-8-5-2/h8-9,11-12,16-21,25-30,32,34,36,39-40,43,49,52,61H,4-7,10,13-15,22-24,31,33,35,37-38,41-42,44-48,50-51,53-60H2,1-3H3/b11-8-,12-9-,19-16-,20-17-,21-18-,28-25-,29-26-,30-27-,34-32-,39-36-,43-40-,52-49-. The Bertz CT molecular complexity index is 1480. The Hall–Kier alpha value is -4.22. The Labute approximate surface area is 419 Å². The molecule has 68 heavy (non-hydrogen) atoms. The quantitative estimate of drug-likeness (QED) is 0.0346. The number of carbonyl (C=O) groups is 2. The van der Waals surface area contributed by atoms with E-state index < -0.39 is 6.10 Å². The van der Waals surface area contributed by atoms with E-state index in [0.29, 0.717) is 19.4 Å². The minimum atomic E-state index is -0.606. The molecule has 5 heteroatoms. The molecule has 0 aromatic heterocycles. The summed E-state index contributed by atoms with van der Waals surface area (Å²) in [4.78, 5) is 25.5. The van der Waals surface area contributed by atoms with Crippen LogP contribution in [0.4, 0.5) is 0 Å². The van der Waals surface area contributed by atoms with E-state index in [1.807, 2.05) is 0 Å². The molecular weight excluding hydrogens is 837 g/mol. The van der Waals surface area contributed by atoms with Crippen LogP contribution in [0, 0.1) is 0 Å². The lowest BCUT2D eigenvalue weighted by atomic mass is 10.1. The lowest BCUT2D eigenvalue weighted by molar-refractivity contribution is -0.162. The second-order valence-electron chi connectivity index (χ2n) is 17.4. The molecule has 0 aromatic rings. The fraction of sp³-hybridized carbons (Fsp3) is 0.587. The van der Waals surface area contributed by atoms with Crippen molar-refractivity contribution in [1.29, 1.82) is 0 Å². The first-order valence-electron chi connectivity index (χ1n) is 27.4. The van der Waals surface area contributed by atoms with Crippen LogP contribution in [-0.4, -0.2) is 37.9 Å². The molecule has 0 spiro atoms. The maximum absolute atomic E-state index is 12.8. The molecule has 0 aromatic carbocycles. The van der Waals surface area contributed by atoms with Crippen molar-refractivity contribution in [3.05, 3.63) is 146 Å². The Morgan fingerprint density at radius 2 is 0.662 bits per heavy atom. The molecule has 0 fully saturated rings. The monoisotopic (exact) mass is 937 g/mol. The zero-order valence-electron chi connectivity index (χ0n) is 43.8. The number of allylic oxidation sites excluding steroid dienone is 23. The molecule has 0 heterocycles. The van der Waals surface area contributed by atoms with Gasteiger partial charge in [-0.05, 0) is 128 Å². The van der Waals surface area contributed by atoms with E-state index in [2.05, 4.69) is 167 Å². The zero-order valence-corrected chi connectivity index (χ0v) is 43.8. The molecule has 0 bridgehead atoms. The summed E-state index contributed by atoms with van der Waals surface area (Å²) in [6, 6.07) is 0. The molecule has 0 radical (unpaired) electrons. The van der Waals surface area contributed by atoms with Crippen LogP contribution in [0.3, 0.4) is 0 Å². The topological polar surface area (TPSA) is 61.8 Å². The zero-order chi connectivity index (χ0) is 49.2. The van der Waals surface area contributed by atoms with E-state index in [1.165, 1.54) is 44.9 Å². The molecule has 0 aliphatic heterocycles. The van der Waals surface area contributed by atoms with Gasteiger partial charge in [0.05, 0.1) is 13.2 Å². The number of unbranched alkanes of at least 4 members (excludes halogenated alkanes) is 13. The number of hydrogen-bond acceptors (Lipinski definition) is 5. The van der Waals surface area contributed by atoms with Gasteiger partial charge in [-0.25, -0.2) is 0 Å². The number of hydrogen-bond donors (Lipinski definition) is 0. The van der Waals surface area contributed by atoms with E-state index in [1.54, 1.807) is 0 Å². The number of rotatable bonds is 48. The van der Waals surface area contributed by atoms with E-state index in [0.717, 1.165) is 135 Å². The van der Waals surface area contributed by atoms with Crippen LogP contribution < -0.4 is 0 Å². The van der Waals surface area contributed by atoms with Gasteiger partial charge < -0.3 is 14.2 Å². The minimum Gasteiger partial charge on any atom is -0.462 e. The molecular formula is C63H100O5. The van der Waals surface area contributed by atoms with Gasteiger partial charge in [-0.15, -0.1) is 0 Å². The predicted molar refractivity (Wildman–Crippen MR) is 297 cm³/mol. The summed E-state index contributed by atoms with van der Waals surface area (Å²) in [5.41, 5.74) is 0. The number of esters is 2. The number of carbonyl (C=O) groups excluding carboxylic acids is 2. The Balaban J connectivity index is 4.48. The SMILES string of the molecule is CC/C=C\C/C=C\C/C=C\C/C=C\C/C=C\CCOCC(COC(=O)CCCCCCCC/C=C\C/C=C\C/C=C\CCCCC)OC(=O)CCCCCC/C=C\C/C=C\C/C=C\C/C=C\CC. The Kier molecular flexibility index (Phi) is 53.6. The smallest absolute Gasteiger partial charge is 0.306 e. The molecule has 1 atom stereocenters. The second-order valence-corrected chi connectivity index (χ2v) is 17.4. The molecule has 1 unspecified atom stereocenters. The van der Waals surface area contributed by atoms with Crippen molar-refractivity contribution in [2.45, 2.75) is 219 Å². The van der Waals surface area contributed by atoms with Crippen molar-refractivity contribution in [2.24, 2.45) is 0 Å². The highest BCUT2D eigenvalue weighted by atomic mass is 16.6. The first-order valence-corrected chi connectivity index (χ1v) is 27.4. The maximum Gasteiger partial charge on any atom is 0.306 e. The minimum absolute atomic E-state index is 0.0284.